The van der Waals surface area contributed by atoms with Crippen molar-refractivity contribution in [1.82, 2.24) is 9.55 Å². The molecule has 2 heterocycles. The quantitative estimate of drug-likeness (QED) is 0.756. The first-order valence-corrected chi connectivity index (χ1v) is 5.37. The molecular weight excluding hydrogens is 188 g/mol. The number of H-pyrrole nitrogens is 1. The minimum Gasteiger partial charge on any atom is -0.340 e. The number of aromatic nitrogens is 2. The van der Waals surface area contributed by atoms with Gasteiger partial charge in [0.2, 0.25) is 0 Å². The molecular formula is C12H14N2O. The average Bonchev–Trinajstić information content (AvgIpc) is 2.74. The van der Waals surface area contributed by atoms with Crippen molar-refractivity contribution in [3.05, 3.63) is 34.4 Å². The number of rotatable bonds is 1. The van der Waals surface area contributed by atoms with Crippen LogP contribution < -0.4 is 5.56 Å². The molecule has 1 fully saturated rings. The Morgan fingerprint density at radius 2 is 2.27 bits per heavy atom. The van der Waals surface area contributed by atoms with Crippen LogP contribution in [0.5, 0.6) is 0 Å². The van der Waals surface area contributed by atoms with Crippen LogP contribution in [0, 0.1) is 12.8 Å². The van der Waals surface area contributed by atoms with Crippen LogP contribution in [0.2, 0.25) is 0 Å². The number of fused-ring (bicyclic) bond motifs is 1. The second-order valence-corrected chi connectivity index (χ2v) is 4.59. The van der Waals surface area contributed by atoms with Gasteiger partial charge >= 0.3 is 0 Å². The predicted molar refractivity (Wildman–Crippen MR) is 60.1 cm³/mol. The van der Waals surface area contributed by atoms with E-state index in [1.54, 1.807) is 0 Å². The third-order valence-electron chi connectivity index (χ3n) is 3.27. The standard InChI is InChI=1S/C12H14N2O/c1-7-5-10(7)14-4-3-9-6-8(2)13-12(15)11(9)14/h3-4,6-7,10H,5H2,1-2H3,(H,13,15). The van der Waals surface area contributed by atoms with Gasteiger partial charge in [-0.25, -0.2) is 0 Å². The van der Waals surface area contributed by atoms with Gasteiger partial charge in [0.1, 0.15) is 5.52 Å². The van der Waals surface area contributed by atoms with E-state index in [-0.39, 0.29) is 5.56 Å². The highest BCUT2D eigenvalue weighted by atomic mass is 16.1. The van der Waals surface area contributed by atoms with Crippen LogP contribution in [0.25, 0.3) is 10.9 Å². The number of aryl methyl sites for hydroxylation is 1. The number of nitrogens with one attached hydrogen (secondary N) is 1. The Hall–Kier alpha value is -1.51. The normalized spacial score (nSPS) is 24.7. The van der Waals surface area contributed by atoms with Crippen molar-refractivity contribution in [2.75, 3.05) is 0 Å². The Morgan fingerprint density at radius 1 is 1.53 bits per heavy atom. The van der Waals surface area contributed by atoms with Crippen LogP contribution in [0.1, 0.15) is 25.1 Å². The maximum Gasteiger partial charge on any atom is 0.272 e. The Morgan fingerprint density at radius 3 is 2.93 bits per heavy atom. The third-order valence-corrected chi connectivity index (χ3v) is 3.27. The first kappa shape index (κ1) is 8.77. The van der Waals surface area contributed by atoms with Gasteiger partial charge < -0.3 is 9.55 Å². The minimum absolute atomic E-state index is 0.0362. The maximum absolute atomic E-state index is 11.8. The van der Waals surface area contributed by atoms with Gasteiger partial charge in [-0.1, -0.05) is 6.92 Å². The molecule has 3 rings (SSSR count). The number of hydrogen-bond donors (Lipinski definition) is 1. The molecule has 1 N–H and O–H groups in total. The number of nitrogens with zero attached hydrogens (tertiary/aromatic N) is 1. The van der Waals surface area contributed by atoms with E-state index in [0.717, 1.165) is 16.6 Å². The van der Waals surface area contributed by atoms with E-state index in [1.165, 1.54) is 6.42 Å². The lowest BCUT2D eigenvalue weighted by atomic mass is 10.3. The van der Waals surface area contributed by atoms with Crippen LogP contribution in [0.15, 0.2) is 23.1 Å². The zero-order chi connectivity index (χ0) is 10.6. The van der Waals surface area contributed by atoms with Crippen LogP contribution in [0.3, 0.4) is 0 Å². The molecule has 15 heavy (non-hydrogen) atoms. The topological polar surface area (TPSA) is 37.8 Å². The Kier molecular flexibility index (Phi) is 1.61. The summed E-state index contributed by atoms with van der Waals surface area (Å²) in [5.74, 6) is 0.710. The summed E-state index contributed by atoms with van der Waals surface area (Å²) in [6, 6.07) is 4.59. The zero-order valence-electron chi connectivity index (χ0n) is 8.95. The van der Waals surface area contributed by atoms with Crippen molar-refractivity contribution in [2.24, 2.45) is 5.92 Å². The fraction of sp³-hybridized carbons (Fsp3) is 0.417. The van der Waals surface area contributed by atoms with E-state index < -0.39 is 0 Å². The molecule has 1 saturated carbocycles. The highest BCUT2D eigenvalue weighted by molar-refractivity contribution is 5.79. The highest BCUT2D eigenvalue weighted by Gasteiger charge is 2.35. The molecule has 0 radical (unpaired) electrons. The average molecular weight is 202 g/mol. The Balaban J connectivity index is 2.29. The Labute approximate surface area is 87.7 Å². The second-order valence-electron chi connectivity index (χ2n) is 4.59. The molecule has 0 bridgehead atoms. The molecule has 0 amide bonds. The van der Waals surface area contributed by atoms with Gasteiger partial charge in [-0.3, -0.25) is 4.79 Å². The Bertz CT molecular complexity index is 579. The van der Waals surface area contributed by atoms with Crippen molar-refractivity contribution >= 4 is 10.9 Å². The highest BCUT2D eigenvalue weighted by Crippen LogP contribution is 2.43. The monoisotopic (exact) mass is 202 g/mol. The smallest absolute Gasteiger partial charge is 0.272 e. The van der Waals surface area contributed by atoms with Gasteiger partial charge in [0, 0.05) is 23.3 Å². The van der Waals surface area contributed by atoms with E-state index in [9.17, 15) is 4.79 Å². The van der Waals surface area contributed by atoms with Crippen molar-refractivity contribution < 1.29 is 0 Å². The van der Waals surface area contributed by atoms with Gasteiger partial charge in [-0.2, -0.15) is 0 Å². The number of aromatic amines is 1. The van der Waals surface area contributed by atoms with Crippen LogP contribution >= 0.6 is 0 Å². The zero-order valence-corrected chi connectivity index (χ0v) is 8.95. The van der Waals surface area contributed by atoms with Crippen molar-refractivity contribution in [3.8, 4) is 0 Å². The summed E-state index contributed by atoms with van der Waals surface area (Å²) >= 11 is 0. The molecule has 2 atom stereocenters. The molecule has 2 aromatic heterocycles. The molecule has 0 aliphatic heterocycles. The predicted octanol–water partition coefficient (Wildman–Crippen LogP) is 2.22. The molecule has 3 heteroatoms. The van der Waals surface area contributed by atoms with E-state index in [1.807, 2.05) is 25.3 Å². The fourth-order valence-electron chi connectivity index (χ4n) is 2.30. The summed E-state index contributed by atoms with van der Waals surface area (Å²) in [7, 11) is 0. The molecule has 3 nitrogen and oxygen atoms in total. The summed E-state index contributed by atoms with van der Waals surface area (Å²) in [4.78, 5) is 14.7. The molecule has 0 aromatic carbocycles. The fourth-order valence-corrected chi connectivity index (χ4v) is 2.30. The van der Waals surface area contributed by atoms with Crippen LogP contribution in [0.4, 0.5) is 0 Å². The molecule has 1 aliphatic rings. The van der Waals surface area contributed by atoms with Crippen molar-refractivity contribution in [2.45, 2.75) is 26.3 Å². The van der Waals surface area contributed by atoms with E-state index in [4.69, 9.17) is 0 Å². The lowest BCUT2D eigenvalue weighted by Crippen LogP contribution is -2.11. The maximum atomic E-state index is 11.8. The van der Waals surface area contributed by atoms with Crippen LogP contribution in [-0.2, 0) is 0 Å². The van der Waals surface area contributed by atoms with Gasteiger partial charge in [0.25, 0.3) is 5.56 Å². The second kappa shape index (κ2) is 2.75. The van der Waals surface area contributed by atoms with E-state index >= 15 is 0 Å². The van der Waals surface area contributed by atoms with Crippen molar-refractivity contribution in [3.63, 3.8) is 0 Å². The molecule has 0 spiro atoms. The third kappa shape index (κ3) is 1.23. The number of hydrogen-bond acceptors (Lipinski definition) is 1. The molecule has 2 aromatic rings. The van der Waals surface area contributed by atoms with Crippen LogP contribution in [-0.4, -0.2) is 9.55 Å². The van der Waals surface area contributed by atoms with Gasteiger partial charge in [-0.15, -0.1) is 0 Å². The molecule has 1 aliphatic carbocycles. The summed E-state index contributed by atoms with van der Waals surface area (Å²) < 4.78 is 2.12. The SMILES string of the molecule is Cc1cc2ccn(C3CC3C)c2c(=O)[nH]1. The largest absolute Gasteiger partial charge is 0.340 e. The summed E-state index contributed by atoms with van der Waals surface area (Å²) in [5.41, 5.74) is 1.79. The van der Waals surface area contributed by atoms with Gasteiger partial charge in [-0.05, 0) is 31.4 Å². The summed E-state index contributed by atoms with van der Waals surface area (Å²) in [6.07, 6.45) is 3.23. The van der Waals surface area contributed by atoms with Crippen molar-refractivity contribution in [1.29, 1.82) is 0 Å². The number of pyridine rings is 1. The van der Waals surface area contributed by atoms with Gasteiger partial charge in [0.15, 0.2) is 0 Å². The minimum atomic E-state index is 0.0362. The van der Waals surface area contributed by atoms with Gasteiger partial charge in [0.05, 0.1) is 0 Å². The first-order chi connectivity index (χ1) is 7.16. The lowest BCUT2D eigenvalue weighted by molar-refractivity contribution is 0.708. The summed E-state index contributed by atoms with van der Waals surface area (Å²) in [6.45, 7) is 4.14. The molecule has 0 saturated heterocycles. The van der Waals surface area contributed by atoms with E-state index in [0.29, 0.717) is 12.0 Å². The first-order valence-electron chi connectivity index (χ1n) is 5.37. The lowest BCUT2D eigenvalue weighted by Gasteiger charge is -2.02. The van der Waals surface area contributed by atoms with E-state index in [2.05, 4.69) is 16.5 Å². The molecule has 2 unspecified atom stereocenters. The molecule has 78 valence electrons. The summed E-state index contributed by atoms with van der Waals surface area (Å²) in [5, 5.41) is 1.05.